The first kappa shape index (κ1) is 41.3. The van der Waals surface area contributed by atoms with Crippen molar-refractivity contribution >= 4 is 22.9 Å². The van der Waals surface area contributed by atoms with Gasteiger partial charge in [0.1, 0.15) is 16.9 Å². The smallest absolute Gasteiger partial charge is 0.340 e. The summed E-state index contributed by atoms with van der Waals surface area (Å²) in [4.78, 5) is 42.7. The minimum Gasteiger partial charge on any atom is -0.483 e. The number of allylic oxidation sites excluding steroid dienone is 1. The van der Waals surface area contributed by atoms with Gasteiger partial charge in [0.25, 0.3) is 0 Å². The lowest BCUT2D eigenvalue weighted by Crippen LogP contribution is -2.52. The normalized spacial score (nSPS) is 22.9. The van der Waals surface area contributed by atoms with Crippen LogP contribution < -0.4 is 10.4 Å². The molecule has 1 aromatic heterocycles. The number of ether oxygens (including phenoxy) is 3. The summed E-state index contributed by atoms with van der Waals surface area (Å²) in [5.74, 6) is -0.486. The predicted octanol–water partition coefficient (Wildman–Crippen LogP) is 10.7. The van der Waals surface area contributed by atoms with Crippen LogP contribution in [-0.4, -0.2) is 28.8 Å². The molecule has 1 saturated carbocycles. The molecule has 1 aliphatic carbocycles. The average Bonchev–Trinajstić information content (AvgIpc) is 3.21. The molecule has 4 heterocycles. The molecule has 8 heteroatoms. The quantitative estimate of drug-likeness (QED) is 0.106. The van der Waals surface area contributed by atoms with Gasteiger partial charge < -0.3 is 23.7 Å². The molecule has 60 heavy (non-hydrogen) atoms. The number of carbonyl (C=O) groups is 2. The Bertz CT molecular complexity index is 2490. The molecule has 0 amide bonds. The standard InChI is InChI=1S/C52H56O8/c1-30(2)39-21-17-32-15-18-35(19-16-32)40-22-20-37(36-14-10-13-34(26-36)25-33-11-8-7-9-12-33)27-38(40)28-44(54)57-48-46-43(60-52(5,6)49(48)59-50(39)55)24-23-41-42(29-53)45(31(3)4)51(56)58-47(41)46/h7-16,18-19,23-24,26,31,37-38,40,48-49,53H,17,20-22,25,27-29H2,1-6H3. The van der Waals surface area contributed by atoms with Crippen LogP contribution in [0, 0.1) is 5.92 Å². The van der Waals surface area contributed by atoms with Gasteiger partial charge in [-0.15, -0.1) is 0 Å². The van der Waals surface area contributed by atoms with Crippen LogP contribution in [-0.2, 0) is 38.5 Å². The second-order valence-electron chi connectivity index (χ2n) is 18.1. The van der Waals surface area contributed by atoms with Crippen molar-refractivity contribution in [2.45, 2.75) is 129 Å². The first-order chi connectivity index (χ1) is 28.8. The third-order valence-corrected chi connectivity index (χ3v) is 13.1. The average molecular weight is 809 g/mol. The van der Waals surface area contributed by atoms with Gasteiger partial charge in [0, 0.05) is 22.9 Å². The number of hydrogen-bond acceptors (Lipinski definition) is 8. The fraction of sp³-hybridized carbons (Fsp3) is 0.404. The summed E-state index contributed by atoms with van der Waals surface area (Å²) in [6.45, 7) is 10.8. The number of benzene rings is 4. The van der Waals surface area contributed by atoms with Gasteiger partial charge in [-0.3, -0.25) is 4.79 Å². The molecule has 3 aliphatic heterocycles. The molecule has 0 spiro atoms. The fourth-order valence-electron chi connectivity index (χ4n) is 10.0. The van der Waals surface area contributed by atoms with E-state index in [-0.39, 0.29) is 35.7 Å². The van der Waals surface area contributed by atoms with Crippen LogP contribution in [0.15, 0.2) is 111 Å². The second-order valence-corrected chi connectivity index (χ2v) is 18.1. The Hall–Kier alpha value is -5.47. The Labute approximate surface area is 352 Å². The van der Waals surface area contributed by atoms with E-state index < -0.39 is 42.0 Å². The molecule has 312 valence electrons. The topological polar surface area (TPSA) is 112 Å². The lowest BCUT2D eigenvalue weighted by Gasteiger charge is -2.43. The van der Waals surface area contributed by atoms with E-state index in [0.717, 1.165) is 36.8 Å². The minimum atomic E-state index is -1.18. The zero-order chi connectivity index (χ0) is 42.3. The van der Waals surface area contributed by atoms with Crippen molar-refractivity contribution in [1.82, 2.24) is 0 Å². The highest BCUT2D eigenvalue weighted by Gasteiger charge is 2.51. The van der Waals surface area contributed by atoms with Gasteiger partial charge in [0.2, 0.25) is 0 Å². The van der Waals surface area contributed by atoms with Gasteiger partial charge in [0.15, 0.2) is 12.2 Å². The molecule has 4 aliphatic rings. The predicted molar refractivity (Wildman–Crippen MR) is 232 cm³/mol. The van der Waals surface area contributed by atoms with Crippen LogP contribution in [0.5, 0.6) is 5.75 Å². The first-order valence-electron chi connectivity index (χ1n) is 21.5. The van der Waals surface area contributed by atoms with E-state index in [1.807, 2.05) is 47.6 Å². The maximum absolute atomic E-state index is 14.7. The van der Waals surface area contributed by atoms with Crippen LogP contribution in [0.3, 0.4) is 0 Å². The highest BCUT2D eigenvalue weighted by atomic mass is 16.6. The molecule has 1 fully saturated rings. The van der Waals surface area contributed by atoms with Crippen molar-refractivity contribution < 1.29 is 33.3 Å². The molecule has 5 unspecified atom stereocenters. The Balaban J connectivity index is 1.21. The van der Waals surface area contributed by atoms with E-state index in [9.17, 15) is 19.5 Å². The molecule has 1 N–H and O–H groups in total. The van der Waals surface area contributed by atoms with E-state index in [4.69, 9.17) is 18.6 Å². The van der Waals surface area contributed by atoms with Crippen LogP contribution in [0.1, 0.15) is 142 Å². The van der Waals surface area contributed by atoms with Crippen LogP contribution in [0.2, 0.25) is 0 Å². The number of fused-ring (bicyclic) bond motifs is 11. The van der Waals surface area contributed by atoms with Gasteiger partial charge in [0.05, 0.1) is 12.2 Å². The van der Waals surface area contributed by atoms with Crippen molar-refractivity contribution in [2.75, 3.05) is 0 Å². The molecule has 5 atom stereocenters. The zero-order valence-electron chi connectivity index (χ0n) is 35.6. The lowest BCUT2D eigenvalue weighted by atomic mass is 9.68. The molecule has 5 aromatic rings. The van der Waals surface area contributed by atoms with E-state index in [2.05, 4.69) is 72.8 Å². The Morgan fingerprint density at radius 1 is 0.833 bits per heavy atom. The van der Waals surface area contributed by atoms with Gasteiger partial charge >= 0.3 is 17.6 Å². The second kappa shape index (κ2) is 16.9. The first-order valence-corrected chi connectivity index (χ1v) is 21.5. The zero-order valence-corrected chi connectivity index (χ0v) is 35.6. The van der Waals surface area contributed by atoms with Crippen molar-refractivity contribution in [1.29, 1.82) is 0 Å². The largest absolute Gasteiger partial charge is 0.483 e. The summed E-state index contributed by atoms with van der Waals surface area (Å²) in [6.07, 6.45) is 2.51. The summed E-state index contributed by atoms with van der Waals surface area (Å²) >= 11 is 0. The maximum Gasteiger partial charge on any atom is 0.340 e. The van der Waals surface area contributed by atoms with Gasteiger partial charge in [-0.25, -0.2) is 9.59 Å². The van der Waals surface area contributed by atoms with Crippen molar-refractivity contribution in [3.63, 3.8) is 0 Å². The Morgan fingerprint density at radius 3 is 2.30 bits per heavy atom. The van der Waals surface area contributed by atoms with Crippen molar-refractivity contribution in [3.05, 3.63) is 157 Å². The van der Waals surface area contributed by atoms with E-state index in [1.165, 1.54) is 22.3 Å². The van der Waals surface area contributed by atoms with Crippen molar-refractivity contribution in [3.8, 4) is 5.75 Å². The number of esters is 2. The van der Waals surface area contributed by atoms with Gasteiger partial charge in [-0.1, -0.05) is 98.3 Å². The number of aliphatic hydroxyl groups is 1. The Morgan fingerprint density at radius 2 is 1.58 bits per heavy atom. The van der Waals surface area contributed by atoms with Crippen molar-refractivity contribution in [2.24, 2.45) is 5.92 Å². The lowest BCUT2D eigenvalue weighted by molar-refractivity contribution is -0.188. The molecule has 9 rings (SSSR count). The van der Waals surface area contributed by atoms with E-state index in [1.54, 1.807) is 12.1 Å². The number of hydrogen-bond donors (Lipinski definition) is 1. The summed E-state index contributed by atoms with van der Waals surface area (Å²) in [5.41, 5.74) is 7.01. The molecule has 4 aromatic carbocycles. The summed E-state index contributed by atoms with van der Waals surface area (Å²) in [6, 6.07) is 31.6. The van der Waals surface area contributed by atoms with Gasteiger partial charge in [-0.2, -0.15) is 0 Å². The summed E-state index contributed by atoms with van der Waals surface area (Å²) in [7, 11) is 0. The van der Waals surface area contributed by atoms with Crippen LogP contribution >= 0.6 is 0 Å². The SMILES string of the molecule is CC(C)=C1CCc2ccc(cc2)C2CCC(c3cccc(Cc4ccccc4)c3)CC2CC(=O)OC2c3c(ccc4c(CO)c(C(C)C)c(=O)oc34)OC(C)(C)C2OC1=O. The third kappa shape index (κ3) is 8.19. The van der Waals surface area contributed by atoms with E-state index >= 15 is 0 Å². The van der Waals surface area contributed by atoms with E-state index in [0.29, 0.717) is 46.2 Å². The van der Waals surface area contributed by atoms with Crippen LogP contribution in [0.25, 0.3) is 11.0 Å². The summed E-state index contributed by atoms with van der Waals surface area (Å²) in [5, 5.41) is 11.1. The van der Waals surface area contributed by atoms with Gasteiger partial charge in [-0.05, 0) is 135 Å². The fourth-order valence-corrected chi connectivity index (χ4v) is 10.0. The molecule has 0 radical (unpaired) electrons. The van der Waals surface area contributed by atoms with Crippen LogP contribution in [0.4, 0.5) is 0 Å². The third-order valence-electron chi connectivity index (χ3n) is 13.1. The number of aryl methyl sites for hydroxylation is 1. The Kier molecular flexibility index (Phi) is 11.6. The number of carbonyl (C=O) groups excluding carboxylic acids is 2. The molecule has 0 saturated heterocycles. The molecule has 8 nitrogen and oxygen atoms in total. The highest BCUT2D eigenvalue weighted by molar-refractivity contribution is 5.90. The monoisotopic (exact) mass is 808 g/mol. The number of rotatable bonds is 5. The molecular formula is C52H56O8. The summed E-state index contributed by atoms with van der Waals surface area (Å²) < 4.78 is 25.7. The molecule has 2 bridgehead atoms. The minimum absolute atomic E-state index is 0.0431. The molecular weight excluding hydrogens is 753 g/mol. The highest BCUT2D eigenvalue weighted by Crippen LogP contribution is 2.50. The maximum atomic E-state index is 14.7. The number of aliphatic hydroxyl groups excluding tert-OH is 1.